The molecule has 0 spiro atoms. The minimum Gasteiger partial charge on any atom is -0.480 e. The number of carbonyl (C=O) groups excluding carboxylic acids is 1. The van der Waals surface area contributed by atoms with E-state index in [1.807, 2.05) is 6.92 Å². The van der Waals surface area contributed by atoms with Crippen LogP contribution >= 0.6 is 0 Å². The SMILES string of the molecule is CCCCC(NC(=O)N1CCS(=O)(=O)CC1C)C(=O)O. The van der Waals surface area contributed by atoms with Crippen molar-refractivity contribution in [3.05, 3.63) is 0 Å². The van der Waals surface area contributed by atoms with Crippen LogP contribution in [0.2, 0.25) is 0 Å². The Bertz CT molecular complexity index is 462. The van der Waals surface area contributed by atoms with Gasteiger partial charge in [-0.15, -0.1) is 0 Å². The number of carboxylic acids is 1. The number of hydrogen-bond donors (Lipinski definition) is 2. The lowest BCUT2D eigenvalue weighted by Crippen LogP contribution is -2.56. The highest BCUT2D eigenvalue weighted by molar-refractivity contribution is 7.91. The average Bonchev–Trinajstić information content (AvgIpc) is 2.32. The summed E-state index contributed by atoms with van der Waals surface area (Å²) in [5.41, 5.74) is 0. The van der Waals surface area contributed by atoms with Crippen LogP contribution in [0.5, 0.6) is 0 Å². The van der Waals surface area contributed by atoms with Crippen molar-refractivity contribution in [1.82, 2.24) is 10.2 Å². The zero-order valence-corrected chi connectivity index (χ0v) is 12.6. The highest BCUT2D eigenvalue weighted by Gasteiger charge is 2.32. The Morgan fingerprint density at radius 1 is 1.45 bits per heavy atom. The molecule has 2 atom stereocenters. The summed E-state index contributed by atoms with van der Waals surface area (Å²) in [5.74, 6) is -1.21. The number of hydrogen-bond acceptors (Lipinski definition) is 4. The van der Waals surface area contributed by atoms with Gasteiger partial charge in [-0.1, -0.05) is 19.8 Å². The molecule has 20 heavy (non-hydrogen) atoms. The number of carboxylic acid groups (broad SMARTS) is 1. The molecule has 1 fully saturated rings. The van der Waals surface area contributed by atoms with Crippen LogP contribution in [0.4, 0.5) is 4.79 Å². The number of aliphatic carboxylic acids is 1. The number of unbranched alkanes of at least 4 members (excludes halogenated alkanes) is 1. The molecule has 0 radical (unpaired) electrons. The van der Waals surface area contributed by atoms with Crippen LogP contribution in [-0.2, 0) is 14.6 Å². The topological polar surface area (TPSA) is 104 Å². The van der Waals surface area contributed by atoms with Crippen LogP contribution in [-0.4, -0.2) is 60.6 Å². The molecule has 0 aromatic rings. The molecule has 8 heteroatoms. The number of sulfone groups is 1. The van der Waals surface area contributed by atoms with Crippen LogP contribution in [0.1, 0.15) is 33.1 Å². The van der Waals surface area contributed by atoms with E-state index in [0.717, 1.165) is 6.42 Å². The summed E-state index contributed by atoms with van der Waals surface area (Å²) in [6.07, 6.45) is 1.93. The lowest BCUT2D eigenvalue weighted by Gasteiger charge is -2.33. The van der Waals surface area contributed by atoms with Gasteiger partial charge in [0, 0.05) is 12.6 Å². The van der Waals surface area contributed by atoms with Gasteiger partial charge >= 0.3 is 12.0 Å². The first-order chi connectivity index (χ1) is 9.26. The van der Waals surface area contributed by atoms with Crippen LogP contribution < -0.4 is 5.32 Å². The summed E-state index contributed by atoms with van der Waals surface area (Å²) in [4.78, 5) is 24.5. The van der Waals surface area contributed by atoms with E-state index in [1.54, 1.807) is 6.92 Å². The van der Waals surface area contributed by atoms with Gasteiger partial charge in [0.25, 0.3) is 0 Å². The Labute approximate surface area is 119 Å². The number of rotatable bonds is 5. The second-order valence-corrected chi connectivity index (χ2v) is 7.37. The molecule has 1 aliphatic rings. The highest BCUT2D eigenvalue weighted by atomic mass is 32.2. The van der Waals surface area contributed by atoms with Crippen LogP contribution in [0.3, 0.4) is 0 Å². The molecule has 116 valence electrons. The molecule has 1 saturated heterocycles. The first kappa shape index (κ1) is 16.7. The standard InChI is InChI=1S/C12H22N2O5S/c1-3-4-5-10(11(15)16)13-12(17)14-6-7-20(18,19)8-9(14)2/h9-10H,3-8H2,1-2H3,(H,13,17)(H,15,16). The summed E-state index contributed by atoms with van der Waals surface area (Å²) in [6.45, 7) is 3.70. The molecular weight excluding hydrogens is 284 g/mol. The van der Waals surface area contributed by atoms with Gasteiger partial charge in [0.1, 0.15) is 6.04 Å². The Morgan fingerprint density at radius 3 is 2.60 bits per heavy atom. The Balaban J connectivity index is 2.63. The van der Waals surface area contributed by atoms with E-state index in [4.69, 9.17) is 5.11 Å². The van der Waals surface area contributed by atoms with Crippen LogP contribution in [0.15, 0.2) is 0 Å². The average molecular weight is 306 g/mol. The molecule has 1 rings (SSSR count). The van der Waals surface area contributed by atoms with Gasteiger partial charge in [0.15, 0.2) is 9.84 Å². The second-order valence-electron chi connectivity index (χ2n) is 5.14. The maximum atomic E-state index is 12.1. The molecule has 0 aliphatic carbocycles. The fourth-order valence-electron chi connectivity index (χ4n) is 2.20. The maximum Gasteiger partial charge on any atom is 0.326 e. The maximum absolute atomic E-state index is 12.1. The van der Waals surface area contributed by atoms with Crippen molar-refractivity contribution in [3.8, 4) is 0 Å². The second kappa shape index (κ2) is 6.92. The molecule has 1 heterocycles. The van der Waals surface area contributed by atoms with Crippen molar-refractivity contribution in [2.75, 3.05) is 18.1 Å². The smallest absolute Gasteiger partial charge is 0.326 e. The molecule has 2 unspecified atom stereocenters. The Kier molecular flexibility index (Phi) is 5.79. The summed E-state index contributed by atoms with van der Waals surface area (Å²) < 4.78 is 22.9. The van der Waals surface area contributed by atoms with E-state index in [-0.39, 0.29) is 18.1 Å². The lowest BCUT2D eigenvalue weighted by molar-refractivity contribution is -0.139. The molecule has 2 N–H and O–H groups in total. The predicted octanol–water partition coefficient (Wildman–Crippen LogP) is 0.458. The van der Waals surface area contributed by atoms with Crippen molar-refractivity contribution < 1.29 is 23.1 Å². The van der Waals surface area contributed by atoms with E-state index in [9.17, 15) is 18.0 Å². The third-order valence-electron chi connectivity index (χ3n) is 3.37. The van der Waals surface area contributed by atoms with Gasteiger partial charge in [0.2, 0.25) is 0 Å². The number of amides is 2. The normalized spacial score (nSPS) is 23.1. The molecule has 1 aliphatic heterocycles. The lowest BCUT2D eigenvalue weighted by atomic mass is 10.1. The molecule has 7 nitrogen and oxygen atoms in total. The first-order valence-electron chi connectivity index (χ1n) is 6.77. The number of nitrogens with one attached hydrogen (secondary N) is 1. The van der Waals surface area contributed by atoms with E-state index >= 15 is 0 Å². The fourth-order valence-corrected chi connectivity index (χ4v) is 3.75. The van der Waals surface area contributed by atoms with E-state index in [0.29, 0.717) is 12.8 Å². The van der Waals surface area contributed by atoms with Crippen molar-refractivity contribution in [2.24, 2.45) is 0 Å². The van der Waals surface area contributed by atoms with E-state index < -0.39 is 33.9 Å². The minimum atomic E-state index is -3.10. The van der Waals surface area contributed by atoms with Gasteiger partial charge in [-0.3, -0.25) is 0 Å². The molecule has 0 saturated carbocycles. The zero-order valence-electron chi connectivity index (χ0n) is 11.8. The van der Waals surface area contributed by atoms with Crippen molar-refractivity contribution in [3.63, 3.8) is 0 Å². The monoisotopic (exact) mass is 306 g/mol. The number of nitrogens with zero attached hydrogens (tertiary/aromatic N) is 1. The first-order valence-corrected chi connectivity index (χ1v) is 8.59. The van der Waals surface area contributed by atoms with Crippen LogP contribution in [0, 0.1) is 0 Å². The van der Waals surface area contributed by atoms with Gasteiger partial charge in [0.05, 0.1) is 11.5 Å². The molecule has 0 aromatic heterocycles. The molecule has 0 aromatic carbocycles. The third-order valence-corrected chi connectivity index (χ3v) is 5.17. The third kappa shape index (κ3) is 4.66. The van der Waals surface area contributed by atoms with Crippen molar-refractivity contribution in [2.45, 2.75) is 45.2 Å². The van der Waals surface area contributed by atoms with Gasteiger partial charge in [-0.2, -0.15) is 0 Å². The summed E-state index contributed by atoms with van der Waals surface area (Å²) >= 11 is 0. The molecule has 0 bridgehead atoms. The van der Waals surface area contributed by atoms with Crippen molar-refractivity contribution >= 4 is 21.8 Å². The summed E-state index contributed by atoms with van der Waals surface area (Å²) in [6, 6.07) is -1.86. The number of carbonyl (C=O) groups is 2. The van der Waals surface area contributed by atoms with Crippen molar-refractivity contribution in [1.29, 1.82) is 0 Å². The Morgan fingerprint density at radius 2 is 2.10 bits per heavy atom. The summed E-state index contributed by atoms with van der Waals surface area (Å²) in [5, 5.41) is 11.5. The van der Waals surface area contributed by atoms with Crippen LogP contribution in [0.25, 0.3) is 0 Å². The Hall–Kier alpha value is -1.31. The zero-order chi connectivity index (χ0) is 15.3. The predicted molar refractivity (Wildman–Crippen MR) is 74.3 cm³/mol. The fraction of sp³-hybridized carbons (Fsp3) is 0.833. The molecular formula is C12H22N2O5S. The largest absolute Gasteiger partial charge is 0.480 e. The quantitative estimate of drug-likeness (QED) is 0.768. The van der Waals surface area contributed by atoms with E-state index in [1.165, 1.54) is 4.90 Å². The summed E-state index contributed by atoms with van der Waals surface area (Å²) in [7, 11) is -3.10. The minimum absolute atomic E-state index is 0.0720. The van der Waals surface area contributed by atoms with Gasteiger partial charge in [-0.25, -0.2) is 18.0 Å². The molecule has 2 amide bonds. The van der Waals surface area contributed by atoms with Gasteiger partial charge in [-0.05, 0) is 13.3 Å². The van der Waals surface area contributed by atoms with Gasteiger partial charge < -0.3 is 15.3 Å². The van der Waals surface area contributed by atoms with E-state index in [2.05, 4.69) is 5.32 Å². The number of urea groups is 1. The highest BCUT2D eigenvalue weighted by Crippen LogP contribution is 2.12.